The van der Waals surface area contributed by atoms with Crippen molar-refractivity contribution in [1.82, 2.24) is 10.6 Å². The molecule has 0 aliphatic carbocycles. The van der Waals surface area contributed by atoms with Gasteiger partial charge in [0.05, 0.1) is 6.54 Å². The van der Waals surface area contributed by atoms with Crippen molar-refractivity contribution in [2.75, 3.05) is 13.1 Å². The summed E-state index contributed by atoms with van der Waals surface area (Å²) in [5.41, 5.74) is 0.716. The molecule has 0 unspecified atom stereocenters. The van der Waals surface area contributed by atoms with E-state index < -0.39 is 5.82 Å². The first kappa shape index (κ1) is 16.9. The highest BCUT2D eigenvalue weighted by molar-refractivity contribution is 14.0. The van der Waals surface area contributed by atoms with Gasteiger partial charge in [0, 0.05) is 13.1 Å². The number of hydrogen-bond donors (Lipinski definition) is 3. The highest BCUT2D eigenvalue weighted by Crippen LogP contribution is 2.16. The van der Waals surface area contributed by atoms with Gasteiger partial charge in [-0.15, -0.1) is 24.0 Å². The van der Waals surface area contributed by atoms with Crippen LogP contribution < -0.4 is 10.6 Å². The molecule has 0 amide bonds. The van der Waals surface area contributed by atoms with Crippen molar-refractivity contribution >= 4 is 29.9 Å². The summed E-state index contributed by atoms with van der Waals surface area (Å²) in [5.74, 6) is -0.258. The predicted molar refractivity (Wildman–Crippen MR) is 82.0 cm³/mol. The van der Waals surface area contributed by atoms with Crippen molar-refractivity contribution in [1.29, 1.82) is 0 Å². The number of phenols is 1. The van der Waals surface area contributed by atoms with Gasteiger partial charge in [-0.1, -0.05) is 6.07 Å². The molecule has 3 N–H and O–H groups in total. The summed E-state index contributed by atoms with van der Waals surface area (Å²) in [4.78, 5) is 4.29. The standard InChI is InChI=1S/C12H18FN3O.HI/c1-3-14-12(15-4-2)16-8-9-5-6-11(17)10(13)7-9;/h5-7,17H,3-4,8H2,1-2H3,(H2,14,15,16);1H. The first-order valence-corrected chi connectivity index (χ1v) is 5.67. The Morgan fingerprint density at radius 3 is 2.39 bits per heavy atom. The predicted octanol–water partition coefficient (Wildman–Crippen LogP) is 2.22. The minimum Gasteiger partial charge on any atom is -0.505 e. The molecule has 0 aromatic heterocycles. The first-order valence-electron chi connectivity index (χ1n) is 5.67. The van der Waals surface area contributed by atoms with Crippen LogP contribution in [0, 0.1) is 5.82 Å². The zero-order valence-electron chi connectivity index (χ0n) is 10.5. The van der Waals surface area contributed by atoms with Gasteiger partial charge in [-0.3, -0.25) is 0 Å². The summed E-state index contributed by atoms with van der Waals surface area (Å²) >= 11 is 0. The van der Waals surface area contributed by atoms with Crippen molar-refractivity contribution in [3.63, 3.8) is 0 Å². The van der Waals surface area contributed by atoms with E-state index in [1.807, 2.05) is 13.8 Å². The molecule has 1 aromatic rings. The molecule has 0 spiro atoms. The molecule has 0 saturated heterocycles. The lowest BCUT2D eigenvalue weighted by Gasteiger charge is -2.09. The molecule has 0 aliphatic rings. The fraction of sp³-hybridized carbons (Fsp3) is 0.417. The lowest BCUT2D eigenvalue weighted by atomic mass is 10.2. The molecular weight excluding hydrogens is 348 g/mol. The van der Waals surface area contributed by atoms with E-state index in [-0.39, 0.29) is 29.7 Å². The van der Waals surface area contributed by atoms with Crippen molar-refractivity contribution in [2.24, 2.45) is 4.99 Å². The molecular formula is C12H19FIN3O. The second kappa shape index (κ2) is 8.96. The lowest BCUT2D eigenvalue weighted by Crippen LogP contribution is -2.36. The van der Waals surface area contributed by atoms with Crippen molar-refractivity contribution < 1.29 is 9.50 Å². The summed E-state index contributed by atoms with van der Waals surface area (Å²) in [7, 11) is 0. The summed E-state index contributed by atoms with van der Waals surface area (Å²) in [6, 6.07) is 4.27. The minimum absolute atomic E-state index is 0. The van der Waals surface area contributed by atoms with E-state index in [9.17, 15) is 4.39 Å². The molecule has 0 atom stereocenters. The van der Waals surface area contributed by atoms with E-state index in [0.717, 1.165) is 13.1 Å². The van der Waals surface area contributed by atoms with Gasteiger partial charge in [-0.05, 0) is 31.5 Å². The van der Waals surface area contributed by atoms with Crippen LogP contribution in [0.5, 0.6) is 5.75 Å². The molecule has 102 valence electrons. The molecule has 1 aromatic carbocycles. The number of hydrogen-bond acceptors (Lipinski definition) is 2. The number of benzene rings is 1. The first-order chi connectivity index (χ1) is 8.17. The number of aliphatic imine (C=N–C) groups is 1. The third kappa shape index (κ3) is 5.52. The van der Waals surface area contributed by atoms with E-state index in [0.29, 0.717) is 18.1 Å². The Labute approximate surface area is 124 Å². The second-order valence-electron chi connectivity index (χ2n) is 3.51. The van der Waals surface area contributed by atoms with Crippen LogP contribution in [0.3, 0.4) is 0 Å². The number of nitrogens with one attached hydrogen (secondary N) is 2. The lowest BCUT2D eigenvalue weighted by molar-refractivity contribution is 0.432. The van der Waals surface area contributed by atoms with E-state index >= 15 is 0 Å². The number of rotatable bonds is 4. The summed E-state index contributed by atoms with van der Waals surface area (Å²) < 4.78 is 13.1. The van der Waals surface area contributed by atoms with Gasteiger partial charge in [0.2, 0.25) is 0 Å². The molecule has 6 heteroatoms. The van der Waals surface area contributed by atoms with Crippen molar-refractivity contribution in [3.8, 4) is 5.75 Å². The van der Waals surface area contributed by atoms with Gasteiger partial charge in [0.25, 0.3) is 0 Å². The Morgan fingerprint density at radius 2 is 1.89 bits per heavy atom. The zero-order valence-corrected chi connectivity index (χ0v) is 12.9. The Bertz CT molecular complexity index is 391. The van der Waals surface area contributed by atoms with Crippen molar-refractivity contribution in [2.45, 2.75) is 20.4 Å². The summed E-state index contributed by atoms with van der Waals surface area (Å²) in [6.45, 7) is 5.87. The highest BCUT2D eigenvalue weighted by Gasteiger charge is 2.01. The largest absolute Gasteiger partial charge is 0.505 e. The average Bonchev–Trinajstić information content (AvgIpc) is 2.31. The topological polar surface area (TPSA) is 56.7 Å². The Kier molecular flexibility index (Phi) is 8.43. The molecule has 0 aliphatic heterocycles. The van der Waals surface area contributed by atoms with Crippen LogP contribution in [0.15, 0.2) is 23.2 Å². The van der Waals surface area contributed by atoms with Gasteiger partial charge in [-0.2, -0.15) is 0 Å². The van der Waals surface area contributed by atoms with Gasteiger partial charge in [0.1, 0.15) is 0 Å². The molecule has 0 radical (unpaired) electrons. The van der Waals surface area contributed by atoms with Crippen molar-refractivity contribution in [3.05, 3.63) is 29.6 Å². The van der Waals surface area contributed by atoms with Crippen LogP contribution in [0.4, 0.5) is 4.39 Å². The van der Waals surface area contributed by atoms with E-state index in [1.54, 1.807) is 6.07 Å². The van der Waals surface area contributed by atoms with Crippen LogP contribution in [-0.4, -0.2) is 24.2 Å². The SMILES string of the molecule is CCNC(=NCc1ccc(O)c(F)c1)NCC.I. The Balaban J connectivity index is 0.00000289. The summed E-state index contributed by atoms with van der Waals surface area (Å²) in [6.07, 6.45) is 0. The fourth-order valence-electron chi connectivity index (χ4n) is 1.33. The van der Waals surface area contributed by atoms with Crippen LogP contribution in [0.2, 0.25) is 0 Å². The average molecular weight is 367 g/mol. The van der Waals surface area contributed by atoms with Gasteiger partial charge in [-0.25, -0.2) is 9.38 Å². The van der Waals surface area contributed by atoms with E-state index in [2.05, 4.69) is 15.6 Å². The third-order valence-electron chi connectivity index (χ3n) is 2.12. The number of phenolic OH excluding ortho intramolecular Hbond substituents is 1. The van der Waals surface area contributed by atoms with Gasteiger partial charge in [0.15, 0.2) is 17.5 Å². The quantitative estimate of drug-likeness (QED) is 0.435. The number of guanidine groups is 1. The monoisotopic (exact) mass is 367 g/mol. The molecule has 0 fully saturated rings. The van der Waals surface area contributed by atoms with E-state index in [1.165, 1.54) is 12.1 Å². The number of halogens is 2. The van der Waals surface area contributed by atoms with Crippen LogP contribution in [-0.2, 0) is 6.54 Å². The maximum absolute atomic E-state index is 13.1. The Hall–Kier alpha value is -1.05. The van der Waals surface area contributed by atoms with Gasteiger partial charge < -0.3 is 15.7 Å². The molecule has 0 heterocycles. The van der Waals surface area contributed by atoms with E-state index in [4.69, 9.17) is 5.11 Å². The summed E-state index contributed by atoms with van der Waals surface area (Å²) in [5, 5.41) is 15.2. The van der Waals surface area contributed by atoms with Crippen LogP contribution in [0.25, 0.3) is 0 Å². The molecule has 0 bridgehead atoms. The third-order valence-corrected chi connectivity index (χ3v) is 2.12. The van der Waals surface area contributed by atoms with Crippen LogP contribution >= 0.6 is 24.0 Å². The highest BCUT2D eigenvalue weighted by atomic mass is 127. The second-order valence-corrected chi connectivity index (χ2v) is 3.51. The van der Waals surface area contributed by atoms with Crippen LogP contribution in [0.1, 0.15) is 19.4 Å². The molecule has 18 heavy (non-hydrogen) atoms. The number of nitrogens with zero attached hydrogens (tertiary/aromatic N) is 1. The smallest absolute Gasteiger partial charge is 0.191 e. The zero-order chi connectivity index (χ0) is 12.7. The fourth-order valence-corrected chi connectivity index (χ4v) is 1.33. The Morgan fingerprint density at radius 1 is 1.28 bits per heavy atom. The number of aromatic hydroxyl groups is 1. The minimum atomic E-state index is -0.619. The maximum atomic E-state index is 13.1. The normalized spacial score (nSPS) is 9.28. The molecule has 0 saturated carbocycles. The van der Waals surface area contributed by atoms with Gasteiger partial charge >= 0.3 is 0 Å². The molecule has 1 rings (SSSR count). The molecule has 4 nitrogen and oxygen atoms in total. The maximum Gasteiger partial charge on any atom is 0.191 e.